The monoisotopic (exact) mass is 287 g/mol. The first-order chi connectivity index (χ1) is 5.22. The molecule has 11 heavy (non-hydrogen) atoms. The molecule has 0 aromatic carbocycles. The van der Waals surface area contributed by atoms with Crippen molar-refractivity contribution < 1.29 is 8.76 Å². The van der Waals surface area contributed by atoms with E-state index in [1.165, 1.54) is 0 Å². The van der Waals surface area contributed by atoms with E-state index in [0.29, 0.717) is 11.3 Å². The third-order valence-electron chi connectivity index (χ3n) is 1.36. The van der Waals surface area contributed by atoms with Gasteiger partial charge in [-0.1, -0.05) is 42.4 Å². The van der Waals surface area contributed by atoms with E-state index < -0.39 is 11.1 Å². The van der Waals surface area contributed by atoms with Crippen molar-refractivity contribution in [2.45, 2.75) is 32.6 Å². The van der Waals surface area contributed by atoms with Crippen molar-refractivity contribution in [1.82, 2.24) is 0 Å². The molecule has 0 aliphatic heterocycles. The number of halogens is 1. The Kier molecular flexibility index (Phi) is 7.62. The van der Waals surface area contributed by atoms with Crippen LogP contribution in [0, 0.1) is 0 Å². The van der Waals surface area contributed by atoms with E-state index in [0.717, 1.165) is 19.3 Å². The van der Waals surface area contributed by atoms with Gasteiger partial charge in [0.25, 0.3) is 0 Å². The minimum Gasteiger partial charge on any atom is -0.769 e. The fraction of sp³-hybridized carbons (Fsp3) is 0.714. The Morgan fingerprint density at radius 2 is 2.27 bits per heavy atom. The number of unbranched alkanes of at least 4 members (excludes halogenated alkanes) is 2. The minimum atomic E-state index is -2.00. The Morgan fingerprint density at radius 1 is 1.64 bits per heavy atom. The van der Waals surface area contributed by atoms with Gasteiger partial charge in [0, 0.05) is 4.91 Å². The van der Waals surface area contributed by atoms with E-state index in [9.17, 15) is 8.76 Å². The lowest BCUT2D eigenvalue weighted by Crippen LogP contribution is -1.92. The fourth-order valence-electron chi connectivity index (χ4n) is 0.723. The van der Waals surface area contributed by atoms with Gasteiger partial charge in [-0.05, 0) is 28.0 Å². The molecule has 0 aliphatic carbocycles. The summed E-state index contributed by atoms with van der Waals surface area (Å²) >= 11 is -0.0419. The maximum atomic E-state index is 10.5. The molecule has 0 radical (unpaired) electrons. The molecule has 1 atom stereocenters. The van der Waals surface area contributed by atoms with Crippen LogP contribution in [0.1, 0.15) is 32.6 Å². The first-order valence-electron chi connectivity index (χ1n) is 3.61. The van der Waals surface area contributed by atoms with Gasteiger partial charge in [-0.25, -0.2) is 0 Å². The lowest BCUT2D eigenvalue weighted by atomic mass is 10.2. The summed E-state index contributed by atoms with van der Waals surface area (Å²) < 4.78 is 22.5. The van der Waals surface area contributed by atoms with Crippen LogP contribution >= 0.6 is 22.6 Å². The summed E-state index contributed by atoms with van der Waals surface area (Å²) in [4.78, 5) is 0.527. The molecule has 4 heteroatoms. The summed E-state index contributed by atoms with van der Waals surface area (Å²) in [5, 5.41) is 0. The molecule has 2 nitrogen and oxygen atoms in total. The highest BCUT2D eigenvalue weighted by Gasteiger charge is 1.95. The number of allylic oxidation sites excluding steroid dienone is 1. The Bertz CT molecular complexity index is 157. The van der Waals surface area contributed by atoms with Crippen molar-refractivity contribution in [3.8, 4) is 0 Å². The van der Waals surface area contributed by atoms with Crippen molar-refractivity contribution in [3.05, 3.63) is 8.99 Å². The molecular weight excluding hydrogens is 275 g/mol. The molecular formula is C7H12IO2S-. The molecule has 0 rings (SSSR count). The summed E-state index contributed by atoms with van der Waals surface area (Å²) in [5.41, 5.74) is 0. The van der Waals surface area contributed by atoms with Crippen molar-refractivity contribution in [3.63, 3.8) is 0 Å². The van der Waals surface area contributed by atoms with Crippen LogP contribution in [0.25, 0.3) is 0 Å². The minimum absolute atomic E-state index is 0.527. The van der Waals surface area contributed by atoms with Crippen LogP contribution in [0.3, 0.4) is 0 Å². The van der Waals surface area contributed by atoms with Gasteiger partial charge in [0.15, 0.2) is 0 Å². The molecule has 0 amide bonds. The lowest BCUT2D eigenvalue weighted by Gasteiger charge is -2.08. The maximum Gasteiger partial charge on any atom is 0.00845 e. The second-order valence-corrected chi connectivity index (χ2v) is 3.88. The van der Waals surface area contributed by atoms with Gasteiger partial charge < -0.3 is 4.55 Å². The molecule has 0 spiro atoms. The smallest absolute Gasteiger partial charge is 0.00845 e. The molecule has 66 valence electrons. The van der Waals surface area contributed by atoms with Crippen LogP contribution < -0.4 is 0 Å². The average Bonchev–Trinajstić information content (AvgIpc) is 1.97. The fourth-order valence-corrected chi connectivity index (χ4v) is 2.04. The highest BCUT2D eigenvalue weighted by molar-refractivity contribution is 14.1. The average molecular weight is 287 g/mol. The van der Waals surface area contributed by atoms with E-state index >= 15 is 0 Å². The Morgan fingerprint density at radius 3 is 2.64 bits per heavy atom. The van der Waals surface area contributed by atoms with Crippen LogP contribution in [0.15, 0.2) is 8.99 Å². The van der Waals surface area contributed by atoms with Crippen LogP contribution in [0.5, 0.6) is 0 Å². The van der Waals surface area contributed by atoms with Crippen molar-refractivity contribution >= 4 is 33.7 Å². The van der Waals surface area contributed by atoms with Crippen molar-refractivity contribution in [2.75, 3.05) is 0 Å². The second-order valence-electron chi connectivity index (χ2n) is 2.27. The van der Waals surface area contributed by atoms with Gasteiger partial charge in [0.2, 0.25) is 0 Å². The lowest BCUT2D eigenvalue weighted by molar-refractivity contribution is 0.540. The van der Waals surface area contributed by atoms with E-state index in [4.69, 9.17) is 0 Å². The molecule has 1 unspecified atom stereocenters. The topological polar surface area (TPSA) is 40.1 Å². The third-order valence-corrected chi connectivity index (χ3v) is 3.29. The van der Waals surface area contributed by atoms with E-state index in [1.54, 1.807) is 4.08 Å². The summed E-state index contributed by atoms with van der Waals surface area (Å²) in [6.45, 7) is 2.10. The van der Waals surface area contributed by atoms with E-state index in [2.05, 4.69) is 6.92 Å². The quantitative estimate of drug-likeness (QED) is 0.443. The molecule has 0 saturated heterocycles. The van der Waals surface area contributed by atoms with Crippen molar-refractivity contribution in [1.29, 1.82) is 0 Å². The highest BCUT2D eigenvalue weighted by Crippen LogP contribution is 2.13. The molecule has 0 aromatic rings. The zero-order valence-corrected chi connectivity index (χ0v) is 9.48. The summed E-state index contributed by atoms with van der Waals surface area (Å²) in [6, 6.07) is 0. The SMILES string of the molecule is CCCCC/C(=C\I)S(=O)[O-]. The van der Waals surface area contributed by atoms with Gasteiger partial charge >= 0.3 is 0 Å². The molecule has 0 saturated carbocycles. The molecule has 0 N–H and O–H groups in total. The zero-order chi connectivity index (χ0) is 8.69. The van der Waals surface area contributed by atoms with Crippen LogP contribution in [-0.2, 0) is 11.1 Å². The summed E-state index contributed by atoms with van der Waals surface area (Å²) in [6.07, 6.45) is 3.89. The van der Waals surface area contributed by atoms with E-state index in [1.807, 2.05) is 22.6 Å². The molecule has 0 fully saturated rings. The maximum absolute atomic E-state index is 10.5. The van der Waals surface area contributed by atoms with Gasteiger partial charge in [-0.3, -0.25) is 4.21 Å². The van der Waals surface area contributed by atoms with Crippen molar-refractivity contribution in [2.24, 2.45) is 0 Å². The Balaban J connectivity index is 3.63. The Labute approximate surface area is 83.9 Å². The van der Waals surface area contributed by atoms with Gasteiger partial charge in [-0.2, -0.15) is 0 Å². The van der Waals surface area contributed by atoms with Crippen LogP contribution in [-0.4, -0.2) is 8.76 Å². The highest BCUT2D eigenvalue weighted by atomic mass is 127. The number of rotatable bonds is 5. The predicted molar refractivity (Wildman–Crippen MR) is 55.2 cm³/mol. The molecule has 0 aromatic heterocycles. The number of hydrogen-bond donors (Lipinski definition) is 0. The third kappa shape index (κ3) is 5.81. The largest absolute Gasteiger partial charge is 0.769 e. The van der Waals surface area contributed by atoms with Gasteiger partial charge in [-0.15, -0.1) is 0 Å². The Hall–Kier alpha value is 0.580. The summed E-state index contributed by atoms with van der Waals surface area (Å²) in [7, 11) is 0. The summed E-state index contributed by atoms with van der Waals surface area (Å²) in [5.74, 6) is 0. The van der Waals surface area contributed by atoms with Crippen LogP contribution in [0.4, 0.5) is 0 Å². The zero-order valence-electron chi connectivity index (χ0n) is 6.51. The molecule has 0 bridgehead atoms. The first kappa shape index (κ1) is 11.6. The van der Waals surface area contributed by atoms with Gasteiger partial charge in [0.1, 0.15) is 0 Å². The predicted octanol–water partition coefficient (Wildman–Crippen LogP) is 2.72. The first-order valence-corrected chi connectivity index (χ1v) is 5.93. The van der Waals surface area contributed by atoms with Crippen LogP contribution in [0.2, 0.25) is 0 Å². The van der Waals surface area contributed by atoms with E-state index in [-0.39, 0.29) is 0 Å². The number of hydrogen-bond acceptors (Lipinski definition) is 2. The normalized spacial score (nSPS) is 15.0. The standard InChI is InChI=1S/C7H13IO2S/c1-2-3-4-5-7(6-8)11(9)10/h6H,2-5H2,1H3,(H,9,10)/p-1/b7-6+. The second kappa shape index (κ2) is 7.24. The van der Waals surface area contributed by atoms with Gasteiger partial charge in [0.05, 0.1) is 0 Å². The molecule has 0 heterocycles. The molecule has 0 aliphatic rings.